The molecule has 0 saturated heterocycles. The van der Waals surface area contributed by atoms with E-state index in [-0.39, 0.29) is 5.75 Å². The van der Waals surface area contributed by atoms with Gasteiger partial charge >= 0.3 is 6.36 Å². The van der Waals surface area contributed by atoms with E-state index >= 15 is 0 Å². The average molecular weight is 397 g/mol. The Balaban J connectivity index is 2.10. The molecule has 0 saturated carbocycles. The Morgan fingerprint density at radius 2 is 1.57 bits per heavy atom. The number of rotatable bonds is 7. The van der Waals surface area contributed by atoms with Gasteiger partial charge < -0.3 is 24.3 Å². The molecule has 2 rings (SSSR count). The molecule has 0 heterocycles. The van der Waals surface area contributed by atoms with E-state index in [4.69, 9.17) is 14.2 Å². The molecule has 2 aromatic carbocycles. The fraction of sp³-hybridized carbons (Fsp3) is 0.211. The van der Waals surface area contributed by atoms with Crippen LogP contribution in [0.25, 0.3) is 6.08 Å². The van der Waals surface area contributed by atoms with Crippen molar-refractivity contribution in [3.63, 3.8) is 0 Å². The molecule has 0 aliphatic rings. The van der Waals surface area contributed by atoms with Crippen LogP contribution in [0.5, 0.6) is 23.0 Å². The molecule has 0 radical (unpaired) electrons. The van der Waals surface area contributed by atoms with E-state index in [0.717, 1.165) is 12.1 Å². The molecule has 2 aromatic rings. The van der Waals surface area contributed by atoms with Crippen LogP contribution < -0.4 is 24.3 Å². The number of ether oxygens (including phenoxy) is 4. The van der Waals surface area contributed by atoms with Gasteiger partial charge in [-0.25, -0.2) is 0 Å². The predicted molar refractivity (Wildman–Crippen MR) is 96.9 cm³/mol. The van der Waals surface area contributed by atoms with Gasteiger partial charge in [0.1, 0.15) is 5.75 Å². The molecule has 0 aliphatic carbocycles. The van der Waals surface area contributed by atoms with Crippen LogP contribution in [-0.2, 0) is 4.79 Å². The van der Waals surface area contributed by atoms with Gasteiger partial charge in [0.05, 0.1) is 21.3 Å². The third-order valence-electron chi connectivity index (χ3n) is 3.50. The highest BCUT2D eigenvalue weighted by atomic mass is 19.4. The van der Waals surface area contributed by atoms with Crippen LogP contribution in [0, 0.1) is 0 Å². The highest BCUT2D eigenvalue weighted by Gasteiger charge is 2.30. The Labute approximate surface area is 159 Å². The maximum Gasteiger partial charge on any atom is 0.573 e. The first-order chi connectivity index (χ1) is 13.3. The lowest BCUT2D eigenvalue weighted by molar-refractivity contribution is -0.274. The molecular weight excluding hydrogens is 379 g/mol. The fourth-order valence-electron chi connectivity index (χ4n) is 2.34. The smallest absolute Gasteiger partial charge is 0.493 e. The van der Waals surface area contributed by atoms with Crippen molar-refractivity contribution in [3.8, 4) is 23.0 Å². The summed E-state index contributed by atoms with van der Waals surface area (Å²) in [6, 6.07) is 8.15. The third-order valence-corrected chi connectivity index (χ3v) is 3.50. The number of nitrogens with one attached hydrogen (secondary N) is 1. The molecule has 0 atom stereocenters. The van der Waals surface area contributed by atoms with Crippen molar-refractivity contribution in [2.75, 3.05) is 26.6 Å². The fourth-order valence-corrected chi connectivity index (χ4v) is 2.34. The number of hydrogen-bond donors (Lipinski definition) is 1. The van der Waals surface area contributed by atoms with Gasteiger partial charge in [0.15, 0.2) is 11.5 Å². The average Bonchev–Trinajstić information content (AvgIpc) is 2.65. The molecule has 0 aromatic heterocycles. The van der Waals surface area contributed by atoms with E-state index in [1.165, 1.54) is 45.6 Å². The minimum Gasteiger partial charge on any atom is -0.493 e. The van der Waals surface area contributed by atoms with E-state index in [9.17, 15) is 18.0 Å². The first-order valence-electron chi connectivity index (χ1n) is 7.91. The normalized spacial score (nSPS) is 11.2. The summed E-state index contributed by atoms with van der Waals surface area (Å²) in [4.78, 5) is 12.1. The summed E-state index contributed by atoms with van der Waals surface area (Å²) in [5, 5.41) is 2.53. The van der Waals surface area contributed by atoms with Gasteiger partial charge in [0, 0.05) is 17.3 Å². The Hall–Kier alpha value is -3.36. The summed E-state index contributed by atoms with van der Waals surface area (Å²) in [6.07, 6.45) is -2.01. The summed E-state index contributed by atoms with van der Waals surface area (Å²) < 4.78 is 56.0. The molecule has 0 bridgehead atoms. The molecule has 0 spiro atoms. The van der Waals surface area contributed by atoms with Gasteiger partial charge in [-0.2, -0.15) is 0 Å². The standard InChI is InChI=1S/C19H18F3NO5/c1-25-15-10-4-12(17(26-2)18(15)27-3)5-11-16(24)23-13-6-8-14(9-7-13)28-19(20,21)22/h4-11H,1-3H3,(H,23,24)/b11-5+. The quantitative estimate of drug-likeness (QED) is 0.707. The second-order valence-corrected chi connectivity index (χ2v) is 5.32. The Kier molecular flexibility index (Phi) is 6.75. The van der Waals surface area contributed by atoms with Crippen LogP contribution >= 0.6 is 0 Å². The van der Waals surface area contributed by atoms with Gasteiger partial charge in [0.25, 0.3) is 0 Å². The van der Waals surface area contributed by atoms with E-state index in [2.05, 4.69) is 10.1 Å². The maximum atomic E-state index is 12.1. The predicted octanol–water partition coefficient (Wildman–Crippen LogP) is 4.26. The number of halogens is 3. The summed E-state index contributed by atoms with van der Waals surface area (Å²) >= 11 is 0. The topological polar surface area (TPSA) is 66.0 Å². The van der Waals surface area contributed by atoms with Crippen molar-refractivity contribution in [2.45, 2.75) is 6.36 Å². The SMILES string of the molecule is COc1ccc(/C=C/C(=O)Nc2ccc(OC(F)(F)F)cc2)c(OC)c1OC. The van der Waals surface area contributed by atoms with Crippen LogP contribution in [0.2, 0.25) is 0 Å². The molecule has 6 nitrogen and oxygen atoms in total. The summed E-state index contributed by atoms with van der Waals surface area (Å²) in [5.74, 6) is 0.381. The second-order valence-electron chi connectivity index (χ2n) is 5.32. The highest BCUT2D eigenvalue weighted by Crippen LogP contribution is 2.40. The van der Waals surface area contributed by atoms with Crippen molar-refractivity contribution in [1.29, 1.82) is 0 Å². The lowest BCUT2D eigenvalue weighted by Gasteiger charge is -2.14. The van der Waals surface area contributed by atoms with Crippen LogP contribution in [0.4, 0.5) is 18.9 Å². The molecule has 1 amide bonds. The number of benzene rings is 2. The van der Waals surface area contributed by atoms with Crippen molar-refractivity contribution >= 4 is 17.7 Å². The molecule has 0 fully saturated rings. The highest BCUT2D eigenvalue weighted by molar-refractivity contribution is 6.02. The Bertz CT molecular complexity index is 848. The second kappa shape index (κ2) is 9.03. The van der Waals surface area contributed by atoms with Gasteiger partial charge in [0.2, 0.25) is 11.7 Å². The van der Waals surface area contributed by atoms with Crippen LogP contribution in [-0.4, -0.2) is 33.6 Å². The molecular formula is C19H18F3NO5. The molecule has 0 aliphatic heterocycles. The van der Waals surface area contributed by atoms with Crippen molar-refractivity contribution in [2.24, 2.45) is 0 Å². The molecule has 0 unspecified atom stereocenters. The molecule has 28 heavy (non-hydrogen) atoms. The molecule has 9 heteroatoms. The maximum absolute atomic E-state index is 12.1. The minimum atomic E-state index is -4.77. The number of anilines is 1. The zero-order valence-corrected chi connectivity index (χ0v) is 15.3. The number of amides is 1. The van der Waals surface area contributed by atoms with Crippen LogP contribution in [0.15, 0.2) is 42.5 Å². The van der Waals surface area contributed by atoms with Crippen molar-refractivity contribution in [3.05, 3.63) is 48.0 Å². The van der Waals surface area contributed by atoms with Gasteiger partial charge in [-0.15, -0.1) is 13.2 Å². The van der Waals surface area contributed by atoms with Crippen molar-refractivity contribution < 1.29 is 36.9 Å². The number of carbonyl (C=O) groups excluding carboxylic acids is 1. The zero-order valence-electron chi connectivity index (χ0n) is 15.3. The first kappa shape index (κ1) is 20.9. The first-order valence-corrected chi connectivity index (χ1v) is 7.91. The lowest BCUT2D eigenvalue weighted by atomic mass is 10.1. The summed E-state index contributed by atoms with van der Waals surface area (Å²) in [7, 11) is 4.41. The van der Waals surface area contributed by atoms with E-state index in [0.29, 0.717) is 28.5 Å². The summed E-state index contributed by atoms with van der Waals surface area (Å²) in [6.45, 7) is 0. The lowest BCUT2D eigenvalue weighted by Crippen LogP contribution is -2.17. The van der Waals surface area contributed by atoms with E-state index in [1.54, 1.807) is 12.1 Å². The van der Waals surface area contributed by atoms with Gasteiger partial charge in [-0.05, 0) is 42.5 Å². The Morgan fingerprint density at radius 3 is 2.11 bits per heavy atom. The molecule has 1 N–H and O–H groups in total. The van der Waals surface area contributed by atoms with E-state index < -0.39 is 12.3 Å². The number of carbonyl (C=O) groups is 1. The van der Waals surface area contributed by atoms with Gasteiger partial charge in [-0.1, -0.05) is 0 Å². The molecule has 150 valence electrons. The number of methoxy groups -OCH3 is 3. The minimum absolute atomic E-state index is 0.309. The monoisotopic (exact) mass is 397 g/mol. The summed E-state index contributed by atoms with van der Waals surface area (Å²) in [5.41, 5.74) is 0.882. The zero-order chi connectivity index (χ0) is 20.7. The van der Waals surface area contributed by atoms with E-state index in [1.807, 2.05) is 0 Å². The third kappa shape index (κ3) is 5.57. The largest absolute Gasteiger partial charge is 0.573 e. The van der Waals surface area contributed by atoms with Gasteiger partial charge in [-0.3, -0.25) is 4.79 Å². The number of hydrogen-bond acceptors (Lipinski definition) is 5. The van der Waals surface area contributed by atoms with Crippen molar-refractivity contribution in [1.82, 2.24) is 0 Å². The van der Waals surface area contributed by atoms with Crippen LogP contribution in [0.3, 0.4) is 0 Å². The van der Waals surface area contributed by atoms with Crippen LogP contribution in [0.1, 0.15) is 5.56 Å². The Morgan fingerprint density at radius 1 is 0.929 bits per heavy atom. The number of alkyl halides is 3.